The van der Waals surface area contributed by atoms with Gasteiger partial charge < -0.3 is 4.90 Å². The molecule has 0 aromatic carbocycles. The van der Waals surface area contributed by atoms with E-state index in [4.69, 9.17) is 5.26 Å². The summed E-state index contributed by atoms with van der Waals surface area (Å²) < 4.78 is 0. The third kappa shape index (κ3) is 1.58. The topological polar surface area (TPSA) is 44.1 Å². The molecule has 0 aromatic rings. The fourth-order valence-electron chi connectivity index (χ4n) is 1.20. The fraction of sp³-hybridized carbons (Fsp3) is 0.778. The van der Waals surface area contributed by atoms with Gasteiger partial charge in [0.2, 0.25) is 5.91 Å². The predicted octanol–water partition coefficient (Wildman–Crippen LogP) is 1.01. The van der Waals surface area contributed by atoms with Crippen molar-refractivity contribution < 1.29 is 4.79 Å². The van der Waals surface area contributed by atoms with Crippen LogP contribution in [0.1, 0.15) is 20.8 Å². The van der Waals surface area contributed by atoms with Gasteiger partial charge in [0.25, 0.3) is 0 Å². The average Bonchev–Trinajstić information content (AvgIpc) is 1.83. The summed E-state index contributed by atoms with van der Waals surface area (Å²) in [6, 6.07) is 2.14. The predicted molar refractivity (Wildman–Crippen MR) is 45.1 cm³/mol. The summed E-state index contributed by atoms with van der Waals surface area (Å²) in [5.41, 5.74) is -0.305. The molecule has 1 heterocycles. The van der Waals surface area contributed by atoms with Crippen LogP contribution in [0.15, 0.2) is 0 Å². The Labute approximate surface area is 73.0 Å². The number of carbonyl (C=O) groups excluding carboxylic acids is 1. The lowest BCUT2D eigenvalue weighted by atomic mass is 9.91. The van der Waals surface area contributed by atoms with Gasteiger partial charge in [-0.1, -0.05) is 20.8 Å². The normalized spacial score (nSPS) is 18.3. The van der Waals surface area contributed by atoms with Crippen molar-refractivity contribution >= 4 is 5.91 Å². The first kappa shape index (κ1) is 9.05. The van der Waals surface area contributed by atoms with Gasteiger partial charge in [-0.05, 0) is 0 Å². The molecule has 1 aliphatic heterocycles. The Morgan fingerprint density at radius 2 is 2.00 bits per heavy atom. The van der Waals surface area contributed by atoms with Gasteiger partial charge in [-0.3, -0.25) is 4.79 Å². The minimum absolute atomic E-state index is 0.0660. The maximum atomic E-state index is 11.5. The van der Waals surface area contributed by atoms with E-state index in [0.717, 1.165) is 0 Å². The van der Waals surface area contributed by atoms with E-state index in [0.29, 0.717) is 13.1 Å². The van der Waals surface area contributed by atoms with Gasteiger partial charge in [-0.15, -0.1) is 0 Å². The second-order valence-electron chi connectivity index (χ2n) is 4.29. The number of hydrogen-bond acceptors (Lipinski definition) is 2. The highest BCUT2D eigenvalue weighted by Crippen LogP contribution is 2.23. The second kappa shape index (κ2) is 2.78. The molecule has 3 nitrogen and oxygen atoms in total. The Kier molecular flexibility index (Phi) is 2.10. The molecule has 12 heavy (non-hydrogen) atoms. The van der Waals surface area contributed by atoms with Crippen molar-refractivity contribution in [1.82, 2.24) is 4.90 Å². The molecule has 0 atom stereocenters. The molecular weight excluding hydrogens is 152 g/mol. The zero-order valence-corrected chi connectivity index (χ0v) is 7.79. The highest BCUT2D eigenvalue weighted by Gasteiger charge is 2.35. The number of nitriles is 1. The van der Waals surface area contributed by atoms with Crippen molar-refractivity contribution in [3.63, 3.8) is 0 Å². The maximum absolute atomic E-state index is 11.5. The molecule has 0 radical (unpaired) electrons. The largest absolute Gasteiger partial charge is 0.339 e. The number of rotatable bonds is 0. The zero-order chi connectivity index (χ0) is 9.35. The van der Waals surface area contributed by atoms with Crippen LogP contribution in [0.3, 0.4) is 0 Å². The van der Waals surface area contributed by atoms with Crippen LogP contribution in [0.25, 0.3) is 0 Å². The molecule has 1 aliphatic rings. The van der Waals surface area contributed by atoms with Crippen molar-refractivity contribution in [1.29, 1.82) is 5.26 Å². The van der Waals surface area contributed by atoms with E-state index in [-0.39, 0.29) is 17.2 Å². The Hall–Kier alpha value is -1.04. The van der Waals surface area contributed by atoms with Crippen LogP contribution in [0.5, 0.6) is 0 Å². The third-order valence-electron chi connectivity index (χ3n) is 1.99. The minimum Gasteiger partial charge on any atom is -0.339 e. The molecule has 0 spiro atoms. The van der Waals surface area contributed by atoms with E-state index in [1.54, 1.807) is 4.90 Å². The number of amides is 1. The highest BCUT2D eigenvalue weighted by atomic mass is 16.2. The summed E-state index contributed by atoms with van der Waals surface area (Å²) in [6.07, 6.45) is 0. The van der Waals surface area contributed by atoms with Gasteiger partial charge in [-0.2, -0.15) is 5.26 Å². The van der Waals surface area contributed by atoms with Gasteiger partial charge in [0.1, 0.15) is 0 Å². The minimum atomic E-state index is -0.305. The number of carbonyl (C=O) groups is 1. The smallest absolute Gasteiger partial charge is 0.228 e. The number of nitrogens with zero attached hydrogens (tertiary/aromatic N) is 2. The van der Waals surface area contributed by atoms with Crippen molar-refractivity contribution in [3.05, 3.63) is 0 Å². The summed E-state index contributed by atoms with van der Waals surface area (Å²) in [7, 11) is 0. The molecule has 0 N–H and O–H groups in total. The molecule has 0 saturated carbocycles. The van der Waals surface area contributed by atoms with E-state index in [1.165, 1.54) is 0 Å². The van der Waals surface area contributed by atoms with Crippen molar-refractivity contribution in [2.24, 2.45) is 11.3 Å². The monoisotopic (exact) mass is 166 g/mol. The van der Waals surface area contributed by atoms with Crippen LogP contribution >= 0.6 is 0 Å². The van der Waals surface area contributed by atoms with Crippen molar-refractivity contribution in [3.8, 4) is 6.07 Å². The van der Waals surface area contributed by atoms with Crippen LogP contribution < -0.4 is 0 Å². The molecule has 0 bridgehead atoms. The Balaban J connectivity index is 2.45. The van der Waals surface area contributed by atoms with Crippen LogP contribution in [-0.4, -0.2) is 23.9 Å². The molecular formula is C9H14N2O. The molecule has 0 aliphatic carbocycles. The standard InChI is InChI=1S/C9H14N2O/c1-9(2,3)8(12)11-5-7(4-10)6-11/h7H,5-6H2,1-3H3. The van der Waals surface area contributed by atoms with Crippen LogP contribution in [-0.2, 0) is 4.79 Å². The van der Waals surface area contributed by atoms with E-state index in [1.807, 2.05) is 20.8 Å². The van der Waals surface area contributed by atoms with Gasteiger partial charge in [0.15, 0.2) is 0 Å². The van der Waals surface area contributed by atoms with Crippen LogP contribution in [0, 0.1) is 22.7 Å². The fourth-order valence-corrected chi connectivity index (χ4v) is 1.20. The molecule has 66 valence electrons. The third-order valence-corrected chi connectivity index (χ3v) is 1.99. The second-order valence-corrected chi connectivity index (χ2v) is 4.29. The molecule has 1 amide bonds. The Morgan fingerprint density at radius 3 is 2.33 bits per heavy atom. The lowest BCUT2D eigenvalue weighted by molar-refractivity contribution is -0.144. The van der Waals surface area contributed by atoms with E-state index in [2.05, 4.69) is 6.07 Å². The Bertz CT molecular complexity index is 228. The van der Waals surface area contributed by atoms with E-state index in [9.17, 15) is 4.79 Å². The van der Waals surface area contributed by atoms with Gasteiger partial charge in [-0.25, -0.2) is 0 Å². The number of hydrogen-bond donors (Lipinski definition) is 0. The van der Waals surface area contributed by atoms with E-state index < -0.39 is 0 Å². The molecule has 3 heteroatoms. The van der Waals surface area contributed by atoms with Gasteiger partial charge >= 0.3 is 0 Å². The zero-order valence-electron chi connectivity index (χ0n) is 7.79. The quantitative estimate of drug-likeness (QED) is 0.539. The van der Waals surface area contributed by atoms with Gasteiger partial charge in [0.05, 0.1) is 12.0 Å². The first-order valence-corrected chi connectivity index (χ1v) is 4.14. The summed E-state index contributed by atoms with van der Waals surface area (Å²) >= 11 is 0. The maximum Gasteiger partial charge on any atom is 0.228 e. The highest BCUT2D eigenvalue weighted by molar-refractivity contribution is 5.82. The SMILES string of the molecule is CC(C)(C)C(=O)N1CC(C#N)C1. The Morgan fingerprint density at radius 1 is 1.50 bits per heavy atom. The summed E-state index contributed by atoms with van der Waals surface area (Å²) in [6.45, 7) is 6.93. The average molecular weight is 166 g/mol. The van der Waals surface area contributed by atoms with Crippen molar-refractivity contribution in [2.75, 3.05) is 13.1 Å². The van der Waals surface area contributed by atoms with Gasteiger partial charge in [0, 0.05) is 18.5 Å². The molecule has 0 unspecified atom stereocenters. The number of likely N-dealkylation sites (tertiary alicyclic amines) is 1. The molecule has 1 rings (SSSR count). The summed E-state index contributed by atoms with van der Waals surface area (Å²) in [4.78, 5) is 13.3. The van der Waals surface area contributed by atoms with Crippen LogP contribution in [0.2, 0.25) is 0 Å². The van der Waals surface area contributed by atoms with Crippen LogP contribution in [0.4, 0.5) is 0 Å². The summed E-state index contributed by atoms with van der Waals surface area (Å²) in [5, 5.41) is 8.50. The lowest BCUT2D eigenvalue weighted by Gasteiger charge is -2.39. The first-order valence-electron chi connectivity index (χ1n) is 4.14. The molecule has 1 saturated heterocycles. The lowest BCUT2D eigenvalue weighted by Crippen LogP contribution is -2.53. The van der Waals surface area contributed by atoms with Crippen molar-refractivity contribution in [2.45, 2.75) is 20.8 Å². The molecule has 1 fully saturated rings. The van der Waals surface area contributed by atoms with E-state index >= 15 is 0 Å². The summed E-state index contributed by atoms with van der Waals surface area (Å²) in [5.74, 6) is 0.213. The first-order chi connectivity index (χ1) is 5.45. The molecule has 0 aromatic heterocycles.